The average Bonchev–Trinajstić information content (AvgIpc) is 3.43. The van der Waals surface area contributed by atoms with Crippen LogP contribution in [0.3, 0.4) is 0 Å². The van der Waals surface area contributed by atoms with E-state index in [4.69, 9.17) is 9.72 Å². The summed E-state index contributed by atoms with van der Waals surface area (Å²) in [5.74, 6) is 0.831. The van der Waals surface area contributed by atoms with Crippen LogP contribution in [0.15, 0.2) is 36.4 Å². The second kappa shape index (κ2) is 7.65. The summed E-state index contributed by atoms with van der Waals surface area (Å²) in [7, 11) is 0. The first-order chi connectivity index (χ1) is 14.2. The molecular formula is C22H23N3O3S. The molecule has 3 aromatic rings. The molecule has 29 heavy (non-hydrogen) atoms. The first kappa shape index (κ1) is 18.4. The van der Waals surface area contributed by atoms with Crippen LogP contribution in [-0.2, 0) is 4.74 Å². The number of nitrogens with zero attached hydrogens (tertiary/aromatic N) is 3. The molecule has 150 valence electrons. The minimum Gasteiger partial charge on any atom is -0.505 e. The summed E-state index contributed by atoms with van der Waals surface area (Å²) in [5, 5.41) is 11.7. The van der Waals surface area contributed by atoms with Crippen molar-refractivity contribution >= 4 is 33.3 Å². The van der Waals surface area contributed by atoms with Crippen molar-refractivity contribution in [2.24, 2.45) is 0 Å². The molecule has 0 spiro atoms. The third-order valence-corrected chi connectivity index (χ3v) is 6.69. The van der Waals surface area contributed by atoms with Gasteiger partial charge in [0.2, 0.25) is 0 Å². The number of aromatic nitrogens is 1. The highest BCUT2D eigenvalue weighted by Crippen LogP contribution is 2.44. The van der Waals surface area contributed by atoms with Crippen molar-refractivity contribution in [2.75, 3.05) is 44.3 Å². The Hall–Kier alpha value is -2.64. The summed E-state index contributed by atoms with van der Waals surface area (Å²) in [4.78, 5) is 23.0. The van der Waals surface area contributed by atoms with E-state index < -0.39 is 0 Å². The molecule has 1 amide bonds. The molecule has 4 heterocycles. The van der Waals surface area contributed by atoms with Gasteiger partial charge in [-0.15, -0.1) is 11.3 Å². The summed E-state index contributed by atoms with van der Waals surface area (Å²) in [5.41, 5.74) is 1.91. The number of anilines is 1. The Kier molecular flexibility index (Phi) is 4.85. The zero-order valence-electron chi connectivity index (χ0n) is 16.1. The Balaban J connectivity index is 1.67. The van der Waals surface area contributed by atoms with Gasteiger partial charge in [0.05, 0.1) is 18.6 Å². The van der Waals surface area contributed by atoms with Gasteiger partial charge in [-0.1, -0.05) is 30.3 Å². The van der Waals surface area contributed by atoms with Crippen molar-refractivity contribution in [3.8, 4) is 16.9 Å². The van der Waals surface area contributed by atoms with E-state index in [2.05, 4.69) is 4.90 Å². The fraction of sp³-hybridized carbons (Fsp3) is 0.364. The Morgan fingerprint density at radius 3 is 2.52 bits per heavy atom. The van der Waals surface area contributed by atoms with Gasteiger partial charge in [-0.05, 0) is 30.0 Å². The number of likely N-dealkylation sites (tertiary alicyclic amines) is 1. The van der Waals surface area contributed by atoms with Gasteiger partial charge >= 0.3 is 0 Å². The van der Waals surface area contributed by atoms with Crippen molar-refractivity contribution in [2.45, 2.75) is 12.8 Å². The molecule has 2 saturated heterocycles. The number of benzene rings is 1. The van der Waals surface area contributed by atoms with Crippen molar-refractivity contribution in [1.29, 1.82) is 0 Å². The SMILES string of the molecule is O=C(c1sc2nc(N3CCOCC3)cc(-c3ccccc3)c2c1O)N1CCCC1. The summed E-state index contributed by atoms with van der Waals surface area (Å²) in [6.45, 7) is 4.42. The van der Waals surface area contributed by atoms with Gasteiger partial charge in [0.15, 0.2) is 0 Å². The van der Waals surface area contributed by atoms with E-state index in [9.17, 15) is 9.90 Å². The molecule has 2 fully saturated rings. The van der Waals surface area contributed by atoms with Crippen LogP contribution in [0.1, 0.15) is 22.5 Å². The second-order valence-corrected chi connectivity index (χ2v) is 8.45. The fourth-order valence-corrected chi connectivity index (χ4v) is 5.13. The number of fused-ring (bicyclic) bond motifs is 1. The van der Waals surface area contributed by atoms with Crippen molar-refractivity contribution in [1.82, 2.24) is 9.88 Å². The molecule has 0 saturated carbocycles. The topological polar surface area (TPSA) is 65.9 Å². The van der Waals surface area contributed by atoms with Gasteiger partial charge in [0.25, 0.3) is 5.91 Å². The molecular weight excluding hydrogens is 386 g/mol. The molecule has 1 aromatic carbocycles. The number of morpholine rings is 1. The largest absolute Gasteiger partial charge is 0.505 e. The van der Waals surface area contributed by atoms with E-state index in [0.29, 0.717) is 28.3 Å². The lowest BCUT2D eigenvalue weighted by Crippen LogP contribution is -2.36. The average molecular weight is 410 g/mol. The van der Waals surface area contributed by atoms with E-state index >= 15 is 0 Å². The van der Waals surface area contributed by atoms with Crippen LogP contribution in [0.2, 0.25) is 0 Å². The number of thiophene rings is 1. The maximum atomic E-state index is 13.0. The van der Waals surface area contributed by atoms with Crippen LogP contribution in [0.5, 0.6) is 5.75 Å². The Bertz CT molecular complexity index is 1040. The summed E-state index contributed by atoms with van der Waals surface area (Å²) in [6, 6.07) is 12.0. The maximum Gasteiger partial charge on any atom is 0.267 e. The molecule has 2 aliphatic rings. The van der Waals surface area contributed by atoms with E-state index in [1.807, 2.05) is 41.3 Å². The predicted octanol–water partition coefficient (Wildman–Crippen LogP) is 3.74. The second-order valence-electron chi connectivity index (χ2n) is 7.45. The standard InChI is InChI=1S/C22H23N3O3S/c26-19-18-16(15-6-2-1-3-7-15)14-17(24-10-12-28-13-11-24)23-21(18)29-20(19)22(27)25-8-4-5-9-25/h1-3,6-7,14,26H,4-5,8-13H2. The molecule has 0 unspecified atom stereocenters. The highest BCUT2D eigenvalue weighted by atomic mass is 32.1. The zero-order chi connectivity index (χ0) is 19.8. The normalized spacial score (nSPS) is 17.2. The van der Waals surface area contributed by atoms with E-state index in [1.54, 1.807) is 0 Å². The van der Waals surface area contributed by atoms with Gasteiger partial charge < -0.3 is 19.6 Å². The molecule has 0 radical (unpaired) electrons. The van der Waals surface area contributed by atoms with Gasteiger partial charge in [-0.25, -0.2) is 4.98 Å². The molecule has 7 heteroatoms. The number of carbonyl (C=O) groups excluding carboxylic acids is 1. The van der Waals surface area contributed by atoms with Crippen LogP contribution in [0.25, 0.3) is 21.3 Å². The Morgan fingerprint density at radius 2 is 1.79 bits per heavy atom. The lowest BCUT2D eigenvalue weighted by Gasteiger charge is -2.28. The number of hydrogen-bond donors (Lipinski definition) is 1. The lowest BCUT2D eigenvalue weighted by atomic mass is 10.0. The monoisotopic (exact) mass is 409 g/mol. The van der Waals surface area contributed by atoms with Gasteiger partial charge in [0, 0.05) is 26.2 Å². The van der Waals surface area contributed by atoms with E-state index in [0.717, 1.165) is 56.0 Å². The molecule has 2 aromatic heterocycles. The third-order valence-electron chi connectivity index (χ3n) is 5.63. The Morgan fingerprint density at radius 1 is 1.07 bits per heavy atom. The molecule has 2 aliphatic heterocycles. The molecule has 5 rings (SSSR count). The first-order valence-electron chi connectivity index (χ1n) is 10.1. The Labute approximate surface area is 173 Å². The zero-order valence-corrected chi connectivity index (χ0v) is 17.0. The van der Waals surface area contributed by atoms with Gasteiger partial charge in [-0.2, -0.15) is 0 Å². The van der Waals surface area contributed by atoms with Crippen molar-refractivity contribution < 1.29 is 14.6 Å². The van der Waals surface area contributed by atoms with Gasteiger partial charge in [0.1, 0.15) is 21.3 Å². The highest BCUT2D eigenvalue weighted by molar-refractivity contribution is 7.21. The number of pyridine rings is 1. The summed E-state index contributed by atoms with van der Waals surface area (Å²) >= 11 is 1.30. The number of rotatable bonds is 3. The predicted molar refractivity (Wildman–Crippen MR) is 115 cm³/mol. The minimum atomic E-state index is -0.0880. The molecule has 0 bridgehead atoms. The van der Waals surface area contributed by atoms with E-state index in [-0.39, 0.29) is 11.7 Å². The molecule has 0 aliphatic carbocycles. The maximum absolute atomic E-state index is 13.0. The molecule has 6 nitrogen and oxygen atoms in total. The van der Waals surface area contributed by atoms with Crippen LogP contribution in [-0.4, -0.2) is 60.3 Å². The third kappa shape index (κ3) is 3.34. The van der Waals surface area contributed by atoms with Crippen LogP contribution >= 0.6 is 11.3 Å². The number of carbonyl (C=O) groups is 1. The summed E-state index contributed by atoms with van der Waals surface area (Å²) < 4.78 is 5.48. The van der Waals surface area contributed by atoms with Crippen molar-refractivity contribution in [3.63, 3.8) is 0 Å². The van der Waals surface area contributed by atoms with Crippen LogP contribution < -0.4 is 4.90 Å². The van der Waals surface area contributed by atoms with Crippen LogP contribution in [0.4, 0.5) is 5.82 Å². The smallest absolute Gasteiger partial charge is 0.267 e. The van der Waals surface area contributed by atoms with Crippen LogP contribution in [0, 0.1) is 0 Å². The number of hydrogen-bond acceptors (Lipinski definition) is 6. The molecule has 1 N–H and O–H groups in total. The molecule has 0 atom stereocenters. The fourth-order valence-electron chi connectivity index (χ4n) is 4.08. The number of ether oxygens (including phenoxy) is 1. The number of amides is 1. The lowest BCUT2D eigenvalue weighted by molar-refractivity contribution is 0.0795. The summed E-state index contributed by atoms with van der Waals surface area (Å²) in [6.07, 6.45) is 2.04. The van der Waals surface area contributed by atoms with Gasteiger partial charge in [-0.3, -0.25) is 4.79 Å². The van der Waals surface area contributed by atoms with Crippen molar-refractivity contribution in [3.05, 3.63) is 41.3 Å². The number of aromatic hydroxyl groups is 1. The van der Waals surface area contributed by atoms with E-state index in [1.165, 1.54) is 11.3 Å². The minimum absolute atomic E-state index is 0.0572. The first-order valence-corrected chi connectivity index (χ1v) is 10.9. The quantitative estimate of drug-likeness (QED) is 0.714. The highest BCUT2D eigenvalue weighted by Gasteiger charge is 2.28.